The fourth-order valence-corrected chi connectivity index (χ4v) is 4.27. The lowest BCUT2D eigenvalue weighted by molar-refractivity contribution is 0.261. The van der Waals surface area contributed by atoms with Crippen molar-refractivity contribution in [2.75, 3.05) is 21.3 Å². The molecule has 0 aliphatic carbocycles. The van der Waals surface area contributed by atoms with E-state index in [0.717, 1.165) is 0 Å². The van der Waals surface area contributed by atoms with Gasteiger partial charge in [0.15, 0.2) is 0 Å². The molecule has 0 saturated carbocycles. The van der Waals surface area contributed by atoms with Gasteiger partial charge in [-0.3, -0.25) is 15.6 Å². The van der Waals surface area contributed by atoms with Crippen LogP contribution in [0.5, 0.6) is 11.6 Å². The number of aromatic nitrogens is 5. The highest BCUT2D eigenvalue weighted by atomic mass is 35.5. The number of pyridine rings is 1. The molecule has 0 atom stereocenters. The number of anilines is 4. The number of benzene rings is 2. The Bertz CT molecular complexity index is 1850. The van der Waals surface area contributed by atoms with E-state index in [2.05, 4.69) is 46.2 Å². The number of nitrogens with one attached hydrogen (secondary N) is 4. The minimum atomic E-state index is -0.527. The lowest BCUT2D eigenvalue weighted by atomic mass is 10.3. The lowest BCUT2D eigenvalue weighted by Gasteiger charge is -2.10. The van der Waals surface area contributed by atoms with Crippen LogP contribution in [-0.2, 0) is 0 Å². The molecule has 0 aliphatic heterocycles. The van der Waals surface area contributed by atoms with E-state index < -0.39 is 12.1 Å². The molecule has 17 heteroatoms. The third-order valence-electron chi connectivity index (χ3n) is 5.32. The Kier molecular flexibility index (Phi) is 12.1. The Hall–Kier alpha value is -4.46. The van der Waals surface area contributed by atoms with Gasteiger partial charge in [0.25, 0.3) is 0 Å². The van der Waals surface area contributed by atoms with Crippen molar-refractivity contribution >= 4 is 93.3 Å². The van der Waals surface area contributed by atoms with Crippen LogP contribution in [0, 0.1) is 13.8 Å². The molecule has 5 rings (SSSR count). The number of carbonyl (C=O) groups excluding carboxylic acids is 2. The summed E-state index contributed by atoms with van der Waals surface area (Å²) in [5.74, 6) is 1.03. The van der Waals surface area contributed by atoms with Gasteiger partial charge in [-0.05, 0) is 68.4 Å². The fourth-order valence-electron chi connectivity index (χ4n) is 3.44. The van der Waals surface area contributed by atoms with Crippen LogP contribution in [0.2, 0.25) is 25.2 Å². The van der Waals surface area contributed by atoms with Crippen molar-refractivity contribution in [1.29, 1.82) is 0 Å². The highest BCUT2D eigenvalue weighted by molar-refractivity contribution is 6.42. The molecule has 4 amide bonds. The number of halogens is 5. The van der Waals surface area contributed by atoms with Crippen molar-refractivity contribution in [3.05, 3.63) is 110 Å². The van der Waals surface area contributed by atoms with Crippen LogP contribution in [0.25, 0.3) is 0 Å². The smallest absolute Gasteiger partial charge is 0.326 e. The summed E-state index contributed by atoms with van der Waals surface area (Å²) in [7, 11) is 0. The highest BCUT2D eigenvalue weighted by Gasteiger charge is 2.10. The molecule has 0 unspecified atom stereocenters. The Morgan fingerprint density at radius 2 is 1.17 bits per heavy atom. The van der Waals surface area contributed by atoms with Crippen LogP contribution in [0.3, 0.4) is 0 Å². The molecule has 0 radical (unpaired) electrons. The summed E-state index contributed by atoms with van der Waals surface area (Å²) >= 11 is 29.2. The highest BCUT2D eigenvalue weighted by Crippen LogP contribution is 2.26. The molecule has 236 valence electrons. The molecule has 5 aromatic rings. The average molecular weight is 722 g/mol. The van der Waals surface area contributed by atoms with Crippen LogP contribution < -0.4 is 26.0 Å². The zero-order chi connectivity index (χ0) is 33.2. The van der Waals surface area contributed by atoms with Gasteiger partial charge in [0.2, 0.25) is 17.8 Å². The zero-order valence-corrected chi connectivity index (χ0v) is 27.6. The molecular weight excluding hydrogens is 700 g/mol. The molecule has 46 heavy (non-hydrogen) atoms. The first kappa shape index (κ1) is 34.4. The van der Waals surface area contributed by atoms with Crippen molar-refractivity contribution in [3.63, 3.8) is 0 Å². The maximum Gasteiger partial charge on any atom is 0.326 e. The van der Waals surface area contributed by atoms with Crippen LogP contribution in [0.15, 0.2) is 73.1 Å². The van der Waals surface area contributed by atoms with Gasteiger partial charge < -0.3 is 15.4 Å². The number of amides is 4. The first-order chi connectivity index (χ1) is 21.9. The van der Waals surface area contributed by atoms with Crippen molar-refractivity contribution in [2.45, 2.75) is 13.8 Å². The van der Waals surface area contributed by atoms with Crippen LogP contribution >= 0.6 is 58.0 Å². The summed E-state index contributed by atoms with van der Waals surface area (Å²) in [6.45, 7) is 3.51. The van der Waals surface area contributed by atoms with Crippen LogP contribution in [-0.4, -0.2) is 37.0 Å². The van der Waals surface area contributed by atoms with Crippen LogP contribution in [0.4, 0.5) is 32.9 Å². The van der Waals surface area contributed by atoms with Crippen molar-refractivity contribution in [2.24, 2.45) is 0 Å². The molecule has 0 fully saturated rings. The number of urea groups is 2. The van der Waals surface area contributed by atoms with E-state index in [-0.39, 0.29) is 22.9 Å². The summed E-state index contributed by atoms with van der Waals surface area (Å²) in [5.41, 5.74) is 2.26. The summed E-state index contributed by atoms with van der Waals surface area (Å²) < 4.78 is 5.61. The second kappa shape index (κ2) is 16.2. The average Bonchev–Trinajstić information content (AvgIpc) is 2.97. The van der Waals surface area contributed by atoms with Gasteiger partial charge in [-0.2, -0.15) is 4.98 Å². The standard InChI is InChI=1S/C17H13Cl2N5O2.C12H9Cl3N4O/c1-10-7-15(26-12-3-2-6-20-9-12)23-16(21-10)24-17(25)22-11-4-5-13(18)14(19)8-11;1-6-4-10(15)18-11(16-6)19-12(20)17-7-2-3-8(13)9(14)5-7/h2-9H,1H3,(H2,21,22,23,24,25);2-5H,1H3,(H2,16,17,18,19,20). The van der Waals surface area contributed by atoms with Crippen molar-refractivity contribution in [3.8, 4) is 11.6 Å². The van der Waals surface area contributed by atoms with E-state index in [0.29, 0.717) is 48.6 Å². The van der Waals surface area contributed by atoms with Gasteiger partial charge >= 0.3 is 12.1 Å². The molecule has 3 aromatic heterocycles. The number of nitrogens with zero attached hydrogens (tertiary/aromatic N) is 5. The monoisotopic (exact) mass is 719 g/mol. The van der Waals surface area contributed by atoms with Gasteiger partial charge in [-0.1, -0.05) is 58.0 Å². The lowest BCUT2D eigenvalue weighted by Crippen LogP contribution is -2.21. The number of carbonyl (C=O) groups is 2. The maximum absolute atomic E-state index is 12.1. The number of hydrogen-bond acceptors (Lipinski definition) is 8. The van der Waals surface area contributed by atoms with E-state index in [1.54, 1.807) is 74.8 Å². The number of hydrogen-bond donors (Lipinski definition) is 4. The third kappa shape index (κ3) is 10.9. The van der Waals surface area contributed by atoms with E-state index in [1.807, 2.05) is 0 Å². The Labute approximate surface area is 287 Å². The molecule has 0 spiro atoms. The maximum atomic E-state index is 12.1. The third-order valence-corrected chi connectivity index (χ3v) is 6.99. The van der Waals surface area contributed by atoms with E-state index >= 15 is 0 Å². The van der Waals surface area contributed by atoms with E-state index in [1.165, 1.54) is 12.1 Å². The summed E-state index contributed by atoms with van der Waals surface area (Å²) in [4.78, 5) is 44.1. The van der Waals surface area contributed by atoms with Gasteiger partial charge in [0, 0.05) is 35.0 Å². The Morgan fingerprint density at radius 1 is 0.630 bits per heavy atom. The predicted octanol–water partition coefficient (Wildman–Crippen LogP) is 9.31. The molecule has 2 aromatic carbocycles. The van der Waals surface area contributed by atoms with E-state index in [9.17, 15) is 9.59 Å². The quantitative estimate of drug-likeness (QED) is 0.126. The fraction of sp³-hybridized carbons (Fsp3) is 0.0690. The largest absolute Gasteiger partial charge is 0.437 e. The first-order valence-electron chi connectivity index (χ1n) is 12.9. The SMILES string of the molecule is Cc1cc(Cl)nc(NC(=O)Nc2ccc(Cl)c(Cl)c2)n1.Cc1cc(Oc2cccnc2)nc(NC(=O)Nc2ccc(Cl)c(Cl)c2)n1. The Morgan fingerprint density at radius 3 is 1.67 bits per heavy atom. The van der Waals surface area contributed by atoms with Crippen molar-refractivity contribution < 1.29 is 14.3 Å². The molecule has 0 bridgehead atoms. The van der Waals surface area contributed by atoms with Crippen LogP contribution in [0.1, 0.15) is 11.4 Å². The summed E-state index contributed by atoms with van der Waals surface area (Å²) in [6.07, 6.45) is 3.19. The van der Waals surface area contributed by atoms with Gasteiger partial charge in [0.05, 0.1) is 26.3 Å². The molecule has 3 heterocycles. The summed E-state index contributed by atoms with van der Waals surface area (Å²) in [5, 5.41) is 12.0. The molecule has 4 N–H and O–H groups in total. The van der Waals surface area contributed by atoms with Gasteiger partial charge in [0.1, 0.15) is 10.9 Å². The topological polar surface area (TPSA) is 156 Å². The molecule has 0 saturated heterocycles. The first-order valence-corrected chi connectivity index (χ1v) is 14.8. The normalized spacial score (nSPS) is 10.2. The summed E-state index contributed by atoms with van der Waals surface area (Å²) in [6, 6.07) is 15.2. The number of aryl methyl sites for hydroxylation is 2. The number of ether oxygens (including phenoxy) is 1. The number of rotatable bonds is 6. The molecule has 12 nitrogen and oxygen atoms in total. The Balaban J connectivity index is 0.000000216. The minimum absolute atomic E-state index is 0.0986. The second-order valence-electron chi connectivity index (χ2n) is 9.03. The van der Waals surface area contributed by atoms with Gasteiger partial charge in [-0.25, -0.2) is 24.5 Å². The van der Waals surface area contributed by atoms with Crippen molar-refractivity contribution in [1.82, 2.24) is 24.9 Å². The predicted molar refractivity (Wildman–Crippen MR) is 181 cm³/mol. The second-order valence-corrected chi connectivity index (χ2v) is 11.0. The zero-order valence-electron chi connectivity index (χ0n) is 23.8. The molecular formula is C29H22Cl5N9O3. The van der Waals surface area contributed by atoms with E-state index in [4.69, 9.17) is 62.7 Å². The van der Waals surface area contributed by atoms with Gasteiger partial charge in [-0.15, -0.1) is 0 Å². The molecule has 0 aliphatic rings. The minimum Gasteiger partial charge on any atom is -0.437 e.